The van der Waals surface area contributed by atoms with Crippen molar-refractivity contribution in [2.24, 2.45) is 0 Å². The second kappa shape index (κ2) is 5.54. The van der Waals surface area contributed by atoms with Gasteiger partial charge in [-0.3, -0.25) is 4.57 Å². The highest BCUT2D eigenvalue weighted by atomic mass is 32.1. The largest absolute Gasteiger partial charge is 0.489 e. The lowest BCUT2D eigenvalue weighted by Gasteiger charge is -2.20. The summed E-state index contributed by atoms with van der Waals surface area (Å²) in [4.78, 5) is 13.2. The van der Waals surface area contributed by atoms with Crippen molar-refractivity contribution >= 4 is 17.0 Å². The lowest BCUT2D eigenvalue weighted by Crippen LogP contribution is -2.19. The summed E-state index contributed by atoms with van der Waals surface area (Å²) in [5.41, 5.74) is 0.675. The Balaban J connectivity index is 1.67. The van der Waals surface area contributed by atoms with Crippen molar-refractivity contribution in [3.8, 4) is 16.2 Å². The fourth-order valence-corrected chi connectivity index (χ4v) is 3.56. The smallest absolute Gasteiger partial charge is 0.343 e. The molecule has 0 radical (unpaired) electrons. The summed E-state index contributed by atoms with van der Waals surface area (Å²) in [6.07, 6.45) is 1.45. The quantitative estimate of drug-likeness (QED) is 0.772. The van der Waals surface area contributed by atoms with E-state index in [0.717, 1.165) is 9.75 Å². The summed E-state index contributed by atoms with van der Waals surface area (Å²) in [6.45, 7) is 1.54. The number of ether oxygens (including phenoxy) is 1. The van der Waals surface area contributed by atoms with Gasteiger partial charge in [-0.25, -0.2) is 14.3 Å². The molecule has 0 unspecified atom stereocenters. The van der Waals surface area contributed by atoms with Gasteiger partial charge >= 0.3 is 5.69 Å². The lowest BCUT2D eigenvalue weighted by atomic mass is 10.1. The van der Waals surface area contributed by atoms with Gasteiger partial charge in [0, 0.05) is 21.9 Å². The van der Waals surface area contributed by atoms with Gasteiger partial charge in [0.25, 0.3) is 0 Å². The molecular formula is C15H13FN4O2S. The predicted octanol–water partition coefficient (Wildman–Crippen LogP) is 2.29. The Morgan fingerprint density at radius 1 is 1.35 bits per heavy atom. The second-order valence-electron chi connectivity index (χ2n) is 5.13. The van der Waals surface area contributed by atoms with Crippen LogP contribution in [0.5, 0.6) is 5.75 Å². The molecule has 0 bridgehead atoms. The van der Waals surface area contributed by atoms with Gasteiger partial charge < -0.3 is 10.1 Å². The molecule has 0 spiro atoms. The molecule has 1 aromatic carbocycles. The summed E-state index contributed by atoms with van der Waals surface area (Å²) >= 11 is 1.45. The standard InChI is InChI=1S/C15H13FN4O2S/c16-13-10(2-3-11-14(13)17-5-6-22-11)12-4-1-9(23-12)7-20-8-18-19-15(20)21/h1-4,8,17H,5-7H2,(H,19,21). The van der Waals surface area contributed by atoms with E-state index in [1.165, 1.54) is 22.2 Å². The number of nitrogens with one attached hydrogen (secondary N) is 2. The minimum Gasteiger partial charge on any atom is -0.489 e. The summed E-state index contributed by atoms with van der Waals surface area (Å²) < 4.78 is 21.6. The van der Waals surface area contributed by atoms with Crippen LogP contribution in [0.1, 0.15) is 4.88 Å². The van der Waals surface area contributed by atoms with Crippen LogP contribution < -0.4 is 15.7 Å². The molecule has 23 heavy (non-hydrogen) atoms. The number of nitrogens with zero attached hydrogens (tertiary/aromatic N) is 2. The van der Waals surface area contributed by atoms with Gasteiger partial charge in [-0.05, 0) is 24.3 Å². The van der Waals surface area contributed by atoms with Crippen LogP contribution in [-0.2, 0) is 6.54 Å². The zero-order valence-corrected chi connectivity index (χ0v) is 12.8. The molecule has 8 heteroatoms. The molecule has 3 aromatic rings. The Morgan fingerprint density at radius 2 is 2.26 bits per heavy atom. The maximum Gasteiger partial charge on any atom is 0.343 e. The first-order chi connectivity index (χ1) is 11.2. The maximum atomic E-state index is 14.7. The highest BCUT2D eigenvalue weighted by Gasteiger charge is 2.19. The molecule has 6 nitrogen and oxygen atoms in total. The molecule has 2 N–H and O–H groups in total. The van der Waals surface area contributed by atoms with Gasteiger partial charge in [0.15, 0.2) is 5.82 Å². The maximum absolute atomic E-state index is 14.7. The van der Waals surface area contributed by atoms with E-state index in [-0.39, 0.29) is 11.5 Å². The van der Waals surface area contributed by atoms with E-state index in [2.05, 4.69) is 15.5 Å². The molecule has 1 aliphatic heterocycles. The van der Waals surface area contributed by atoms with Crippen molar-refractivity contribution in [2.45, 2.75) is 6.54 Å². The van der Waals surface area contributed by atoms with E-state index in [9.17, 15) is 9.18 Å². The molecule has 2 aromatic heterocycles. The van der Waals surface area contributed by atoms with Gasteiger partial charge in [-0.15, -0.1) is 11.3 Å². The number of H-pyrrole nitrogens is 1. The summed E-state index contributed by atoms with van der Waals surface area (Å²) in [6, 6.07) is 7.25. The predicted molar refractivity (Wildman–Crippen MR) is 85.6 cm³/mol. The normalized spacial score (nSPS) is 13.3. The first-order valence-electron chi connectivity index (χ1n) is 7.10. The number of hydrogen-bond acceptors (Lipinski definition) is 5. The topological polar surface area (TPSA) is 71.9 Å². The van der Waals surface area contributed by atoms with Crippen molar-refractivity contribution in [2.75, 3.05) is 18.5 Å². The van der Waals surface area contributed by atoms with Crippen molar-refractivity contribution in [3.63, 3.8) is 0 Å². The van der Waals surface area contributed by atoms with Gasteiger partial charge in [-0.2, -0.15) is 5.10 Å². The number of fused-ring (bicyclic) bond motifs is 1. The van der Waals surface area contributed by atoms with Crippen LogP contribution in [0.15, 0.2) is 35.4 Å². The fourth-order valence-electron chi connectivity index (χ4n) is 2.53. The SMILES string of the molecule is O=c1[nH]ncn1Cc1ccc(-c2ccc3c(c2F)NCCO3)s1. The average molecular weight is 332 g/mol. The highest BCUT2D eigenvalue weighted by molar-refractivity contribution is 7.15. The van der Waals surface area contributed by atoms with E-state index in [1.54, 1.807) is 12.1 Å². The van der Waals surface area contributed by atoms with E-state index in [0.29, 0.717) is 36.7 Å². The zero-order chi connectivity index (χ0) is 15.8. The first kappa shape index (κ1) is 14.0. The number of aromatic nitrogens is 3. The molecule has 0 saturated heterocycles. The number of hydrogen-bond donors (Lipinski definition) is 2. The van der Waals surface area contributed by atoms with Crippen LogP contribution in [-0.4, -0.2) is 27.9 Å². The molecule has 0 saturated carbocycles. The van der Waals surface area contributed by atoms with Crippen LogP contribution in [0.2, 0.25) is 0 Å². The molecule has 118 valence electrons. The van der Waals surface area contributed by atoms with Gasteiger partial charge in [0.1, 0.15) is 24.4 Å². The van der Waals surface area contributed by atoms with E-state index >= 15 is 0 Å². The van der Waals surface area contributed by atoms with Crippen molar-refractivity contribution in [1.82, 2.24) is 14.8 Å². The molecule has 4 rings (SSSR count). The van der Waals surface area contributed by atoms with Crippen molar-refractivity contribution < 1.29 is 9.13 Å². The van der Waals surface area contributed by atoms with Gasteiger partial charge in [-0.1, -0.05) is 0 Å². The zero-order valence-electron chi connectivity index (χ0n) is 12.0. The minimum absolute atomic E-state index is 0.263. The average Bonchev–Trinajstić information content (AvgIpc) is 3.18. The summed E-state index contributed by atoms with van der Waals surface area (Å²) in [7, 11) is 0. The Hall–Kier alpha value is -2.61. The third kappa shape index (κ3) is 2.50. The number of halogens is 1. The third-order valence-corrected chi connectivity index (χ3v) is 4.74. The minimum atomic E-state index is -0.309. The van der Waals surface area contributed by atoms with Crippen molar-refractivity contribution in [3.05, 3.63) is 51.8 Å². The van der Waals surface area contributed by atoms with Crippen LogP contribution in [0.25, 0.3) is 10.4 Å². The molecular weight excluding hydrogens is 319 g/mol. The van der Waals surface area contributed by atoms with E-state index in [1.807, 2.05) is 12.1 Å². The molecule has 0 aliphatic carbocycles. The Bertz CT molecular complexity index is 914. The second-order valence-corrected chi connectivity index (χ2v) is 6.30. The van der Waals surface area contributed by atoms with Crippen LogP contribution in [0, 0.1) is 5.82 Å². The molecule has 1 aliphatic rings. The fraction of sp³-hybridized carbons (Fsp3) is 0.200. The van der Waals surface area contributed by atoms with E-state index in [4.69, 9.17) is 4.74 Å². The molecule has 0 fully saturated rings. The van der Waals surface area contributed by atoms with Crippen LogP contribution in [0.4, 0.5) is 10.1 Å². The Kier molecular flexibility index (Phi) is 3.38. The molecule has 0 amide bonds. The summed E-state index contributed by atoms with van der Waals surface area (Å²) in [5, 5.41) is 9.08. The summed E-state index contributed by atoms with van der Waals surface area (Å²) in [5.74, 6) is 0.232. The molecule has 0 atom stereocenters. The number of benzene rings is 1. The Labute approximate surface area is 134 Å². The number of aromatic amines is 1. The van der Waals surface area contributed by atoms with Gasteiger partial charge in [0.05, 0.1) is 6.54 Å². The Morgan fingerprint density at radius 3 is 3.09 bits per heavy atom. The number of anilines is 1. The highest BCUT2D eigenvalue weighted by Crippen LogP contribution is 2.38. The monoisotopic (exact) mass is 332 g/mol. The third-order valence-electron chi connectivity index (χ3n) is 3.64. The van der Waals surface area contributed by atoms with Gasteiger partial charge in [0.2, 0.25) is 0 Å². The van der Waals surface area contributed by atoms with Crippen molar-refractivity contribution in [1.29, 1.82) is 0 Å². The molecule has 3 heterocycles. The van der Waals surface area contributed by atoms with Crippen LogP contribution in [0.3, 0.4) is 0 Å². The first-order valence-corrected chi connectivity index (χ1v) is 7.92. The number of rotatable bonds is 3. The van der Waals surface area contributed by atoms with E-state index < -0.39 is 0 Å². The lowest BCUT2D eigenvalue weighted by molar-refractivity contribution is 0.321. The van der Waals surface area contributed by atoms with Crippen LogP contribution >= 0.6 is 11.3 Å². The number of thiophene rings is 1.